The summed E-state index contributed by atoms with van der Waals surface area (Å²) < 4.78 is 0. The molecule has 0 aromatic rings. The summed E-state index contributed by atoms with van der Waals surface area (Å²) in [6, 6.07) is -0.200. The van der Waals surface area contributed by atoms with E-state index in [0.717, 1.165) is 0 Å². The van der Waals surface area contributed by atoms with Gasteiger partial charge in [0.25, 0.3) is 0 Å². The Morgan fingerprint density at radius 1 is 1.35 bits per heavy atom. The van der Waals surface area contributed by atoms with E-state index in [-0.39, 0.29) is 54.8 Å². The molecule has 116 valence electrons. The second-order valence-electron chi connectivity index (χ2n) is 5.62. The Balaban J connectivity index is 0.00000361. The highest BCUT2D eigenvalue weighted by molar-refractivity contribution is 5.87. The molecule has 20 heavy (non-hydrogen) atoms. The van der Waals surface area contributed by atoms with Gasteiger partial charge in [-0.15, -0.1) is 12.4 Å². The third-order valence-corrected chi connectivity index (χ3v) is 2.93. The van der Waals surface area contributed by atoms with Crippen LogP contribution in [-0.2, 0) is 14.4 Å². The van der Waals surface area contributed by atoms with Crippen molar-refractivity contribution in [2.45, 2.75) is 38.8 Å². The van der Waals surface area contributed by atoms with Crippen LogP contribution in [0.4, 0.5) is 0 Å². The molecule has 1 atom stereocenters. The van der Waals surface area contributed by atoms with E-state index in [1.807, 2.05) is 20.8 Å². The molecule has 0 aliphatic carbocycles. The van der Waals surface area contributed by atoms with Gasteiger partial charge in [0, 0.05) is 18.5 Å². The summed E-state index contributed by atoms with van der Waals surface area (Å²) in [6.45, 7) is 6.10. The molecule has 1 unspecified atom stereocenters. The van der Waals surface area contributed by atoms with E-state index in [1.54, 1.807) is 4.90 Å². The summed E-state index contributed by atoms with van der Waals surface area (Å²) in [5, 5.41) is 5.12. The van der Waals surface area contributed by atoms with Crippen molar-refractivity contribution >= 4 is 30.1 Å². The fraction of sp³-hybridized carbons (Fsp3) is 0.750. The van der Waals surface area contributed by atoms with Crippen LogP contribution in [0, 0.1) is 0 Å². The summed E-state index contributed by atoms with van der Waals surface area (Å²) in [6.07, 6.45) is 0.299. The molecule has 0 radical (unpaired) electrons. The highest BCUT2D eigenvalue weighted by Gasteiger charge is 2.36. The molecule has 7 nitrogen and oxygen atoms in total. The van der Waals surface area contributed by atoms with E-state index in [1.165, 1.54) is 0 Å². The van der Waals surface area contributed by atoms with Gasteiger partial charge in [0.2, 0.25) is 17.7 Å². The van der Waals surface area contributed by atoms with Crippen LogP contribution in [0.5, 0.6) is 0 Å². The number of hydrogen-bond acceptors (Lipinski definition) is 4. The first-order valence-corrected chi connectivity index (χ1v) is 6.30. The van der Waals surface area contributed by atoms with Gasteiger partial charge in [-0.1, -0.05) is 0 Å². The Morgan fingerprint density at radius 3 is 2.40 bits per heavy atom. The van der Waals surface area contributed by atoms with Crippen LogP contribution in [0.3, 0.4) is 0 Å². The summed E-state index contributed by atoms with van der Waals surface area (Å²) in [4.78, 5) is 36.1. The maximum absolute atomic E-state index is 11.8. The molecule has 1 aliphatic heterocycles. The van der Waals surface area contributed by atoms with Gasteiger partial charge < -0.3 is 21.3 Å². The number of nitrogens with zero attached hydrogens (tertiary/aromatic N) is 1. The molecule has 0 bridgehead atoms. The predicted molar refractivity (Wildman–Crippen MR) is 77.3 cm³/mol. The zero-order chi connectivity index (χ0) is 14.6. The molecular formula is C12H23ClN4O3. The number of nitrogens with one attached hydrogen (secondary N) is 2. The molecule has 1 heterocycles. The second-order valence-corrected chi connectivity index (χ2v) is 5.62. The minimum absolute atomic E-state index is 0. The summed E-state index contributed by atoms with van der Waals surface area (Å²) in [7, 11) is 0. The van der Waals surface area contributed by atoms with Gasteiger partial charge in [0.05, 0.1) is 19.1 Å². The molecule has 0 aromatic carbocycles. The van der Waals surface area contributed by atoms with Gasteiger partial charge in [0.15, 0.2) is 0 Å². The van der Waals surface area contributed by atoms with Crippen molar-refractivity contribution < 1.29 is 14.4 Å². The average molecular weight is 307 g/mol. The van der Waals surface area contributed by atoms with Crippen LogP contribution in [0.15, 0.2) is 0 Å². The van der Waals surface area contributed by atoms with E-state index >= 15 is 0 Å². The van der Waals surface area contributed by atoms with Crippen LogP contribution >= 0.6 is 12.4 Å². The second kappa shape index (κ2) is 7.44. The normalized spacial score (nSPS) is 18.5. The first kappa shape index (κ1) is 18.7. The molecule has 0 aromatic heterocycles. The highest BCUT2D eigenvalue weighted by atomic mass is 35.5. The average Bonchev–Trinajstić information content (AvgIpc) is 2.66. The molecule has 0 saturated carbocycles. The van der Waals surface area contributed by atoms with Gasteiger partial charge in [-0.05, 0) is 20.8 Å². The Labute approximate surface area is 125 Å². The maximum Gasteiger partial charge on any atom is 0.239 e. The van der Waals surface area contributed by atoms with Crippen molar-refractivity contribution in [3.63, 3.8) is 0 Å². The molecule has 1 fully saturated rings. The summed E-state index contributed by atoms with van der Waals surface area (Å²) in [5.74, 6) is -0.659. The Morgan fingerprint density at radius 2 is 1.95 bits per heavy atom. The number of halogens is 1. The SMILES string of the molecule is CC(C)(C)N1CC(NC(=O)CNC(=O)CN)CC1=O.Cl. The first-order valence-electron chi connectivity index (χ1n) is 6.30. The largest absolute Gasteiger partial charge is 0.350 e. The standard InChI is InChI=1S/C12H22N4O3.ClH/c1-12(2,3)16-7-8(4-11(16)19)15-10(18)6-14-9(17)5-13;/h8H,4-7,13H2,1-3H3,(H,14,17)(H,15,18);1H. The van der Waals surface area contributed by atoms with Crippen LogP contribution in [0.25, 0.3) is 0 Å². The van der Waals surface area contributed by atoms with Crippen LogP contribution in [-0.4, -0.2) is 53.8 Å². The number of carbonyl (C=O) groups is 3. The minimum Gasteiger partial charge on any atom is -0.350 e. The number of rotatable bonds is 4. The molecule has 1 aliphatic rings. The van der Waals surface area contributed by atoms with E-state index in [2.05, 4.69) is 10.6 Å². The monoisotopic (exact) mass is 306 g/mol. The number of carbonyl (C=O) groups excluding carboxylic acids is 3. The quantitative estimate of drug-likeness (QED) is 0.619. The third-order valence-electron chi connectivity index (χ3n) is 2.93. The van der Waals surface area contributed by atoms with Gasteiger partial charge in [-0.25, -0.2) is 0 Å². The lowest BCUT2D eigenvalue weighted by Crippen LogP contribution is -2.46. The molecule has 3 amide bonds. The molecular weight excluding hydrogens is 284 g/mol. The fourth-order valence-corrected chi connectivity index (χ4v) is 1.98. The number of nitrogens with two attached hydrogens (primary N) is 1. The smallest absolute Gasteiger partial charge is 0.239 e. The lowest BCUT2D eigenvalue weighted by Gasteiger charge is -2.32. The lowest BCUT2D eigenvalue weighted by molar-refractivity contribution is -0.131. The van der Waals surface area contributed by atoms with E-state index < -0.39 is 0 Å². The summed E-state index contributed by atoms with van der Waals surface area (Å²) in [5.41, 5.74) is 4.87. The zero-order valence-electron chi connectivity index (χ0n) is 12.1. The van der Waals surface area contributed by atoms with Crippen molar-refractivity contribution in [1.82, 2.24) is 15.5 Å². The predicted octanol–water partition coefficient (Wildman–Crippen LogP) is -1.00. The Kier molecular flexibility index (Phi) is 6.95. The number of hydrogen-bond donors (Lipinski definition) is 3. The minimum atomic E-state index is -0.381. The van der Waals surface area contributed by atoms with E-state index in [0.29, 0.717) is 13.0 Å². The van der Waals surface area contributed by atoms with Crippen LogP contribution in [0.2, 0.25) is 0 Å². The molecule has 8 heteroatoms. The van der Waals surface area contributed by atoms with E-state index in [4.69, 9.17) is 5.73 Å². The molecule has 1 saturated heterocycles. The van der Waals surface area contributed by atoms with Gasteiger partial charge >= 0.3 is 0 Å². The van der Waals surface area contributed by atoms with Crippen molar-refractivity contribution in [2.24, 2.45) is 5.73 Å². The van der Waals surface area contributed by atoms with Gasteiger partial charge in [0.1, 0.15) is 0 Å². The van der Waals surface area contributed by atoms with Crippen molar-refractivity contribution in [3.8, 4) is 0 Å². The molecule has 1 rings (SSSR count). The zero-order valence-corrected chi connectivity index (χ0v) is 12.9. The van der Waals surface area contributed by atoms with Gasteiger partial charge in [-0.2, -0.15) is 0 Å². The number of likely N-dealkylation sites (tertiary alicyclic amines) is 1. The van der Waals surface area contributed by atoms with Gasteiger partial charge in [-0.3, -0.25) is 14.4 Å². The number of amides is 3. The first-order chi connectivity index (χ1) is 8.74. The third kappa shape index (κ3) is 5.34. The molecule has 4 N–H and O–H groups in total. The summed E-state index contributed by atoms with van der Waals surface area (Å²) >= 11 is 0. The topological polar surface area (TPSA) is 105 Å². The van der Waals surface area contributed by atoms with Crippen molar-refractivity contribution in [2.75, 3.05) is 19.6 Å². The lowest BCUT2D eigenvalue weighted by atomic mass is 10.1. The highest BCUT2D eigenvalue weighted by Crippen LogP contribution is 2.21. The van der Waals surface area contributed by atoms with Crippen molar-refractivity contribution in [1.29, 1.82) is 0 Å². The Hall–Kier alpha value is -1.34. The van der Waals surface area contributed by atoms with Crippen LogP contribution in [0.1, 0.15) is 27.2 Å². The Bertz CT molecular complexity index is 381. The maximum atomic E-state index is 11.8. The molecule has 0 spiro atoms. The van der Waals surface area contributed by atoms with Crippen molar-refractivity contribution in [3.05, 3.63) is 0 Å². The van der Waals surface area contributed by atoms with E-state index in [9.17, 15) is 14.4 Å². The van der Waals surface area contributed by atoms with Crippen LogP contribution < -0.4 is 16.4 Å². The fourth-order valence-electron chi connectivity index (χ4n) is 1.98.